The Balaban J connectivity index is 3.30. The van der Waals surface area contributed by atoms with E-state index in [0.29, 0.717) is 0 Å². The molecule has 0 aliphatic carbocycles. The molecule has 1 saturated heterocycles. The van der Waals surface area contributed by atoms with Crippen molar-refractivity contribution in [3.63, 3.8) is 0 Å². The lowest BCUT2D eigenvalue weighted by atomic mass is 10.00. The average molecular weight is 623 g/mol. The minimum atomic E-state index is -1.58. The minimum absolute atomic E-state index is 0.309. The summed E-state index contributed by atoms with van der Waals surface area (Å²) in [4.78, 5) is 83.7. The van der Waals surface area contributed by atoms with E-state index in [2.05, 4.69) is 10.6 Å². The molecule has 1 aliphatic heterocycles. The molecule has 42 heavy (non-hydrogen) atoms. The van der Waals surface area contributed by atoms with Gasteiger partial charge in [-0.3, -0.25) is 24.0 Å². The van der Waals surface area contributed by atoms with Crippen molar-refractivity contribution >= 4 is 53.6 Å². The summed E-state index contributed by atoms with van der Waals surface area (Å²) >= 11 is 0.849. The number of carboxylic acids is 2. The van der Waals surface area contributed by atoms with Crippen LogP contribution in [0, 0.1) is 0 Å². The first-order valence-corrected chi connectivity index (χ1v) is 13.9. The standard InChI is InChI=1S/C25H38N2O14S/c1-11-18(38-12(2)28)19(39-13(3)29)20(40-14(4)30)23(37-11)42-10-16(27-24(36)41-25(5,6)7)21(33)26-15(22(34)35)8-9-17(31)32/h11,15-16,18-20,23H,8-10H2,1-7H3,(H,26,33)(H,27,36)(H,31,32)(H,34,35)/t11-,15-,16-,18+,19+,20-,23-/m0/s1. The lowest BCUT2D eigenvalue weighted by Gasteiger charge is -2.43. The highest BCUT2D eigenvalue weighted by Crippen LogP contribution is 2.34. The number of carboxylic acid groups (broad SMARTS) is 2. The minimum Gasteiger partial charge on any atom is -0.481 e. The number of esters is 3. The Kier molecular flexibility index (Phi) is 14.0. The fourth-order valence-electron chi connectivity index (χ4n) is 3.73. The maximum atomic E-state index is 13.1. The summed E-state index contributed by atoms with van der Waals surface area (Å²) in [5.41, 5.74) is -2.08. The normalized spacial score (nSPS) is 23.4. The maximum Gasteiger partial charge on any atom is 0.408 e. The van der Waals surface area contributed by atoms with Crippen molar-refractivity contribution in [3.05, 3.63) is 0 Å². The molecule has 0 radical (unpaired) electrons. The Morgan fingerprint density at radius 1 is 0.833 bits per heavy atom. The second kappa shape index (κ2) is 16.1. The number of alkyl carbamates (subject to hydrolysis) is 1. The van der Waals surface area contributed by atoms with Crippen molar-refractivity contribution in [3.8, 4) is 0 Å². The van der Waals surface area contributed by atoms with E-state index >= 15 is 0 Å². The third kappa shape index (κ3) is 12.9. The molecule has 4 N–H and O–H groups in total. The largest absolute Gasteiger partial charge is 0.481 e. The van der Waals surface area contributed by atoms with Crippen molar-refractivity contribution in [2.45, 2.75) is 109 Å². The highest BCUT2D eigenvalue weighted by atomic mass is 32.2. The Bertz CT molecular complexity index is 1030. The van der Waals surface area contributed by atoms with Crippen LogP contribution in [0.2, 0.25) is 0 Å². The second-order valence-corrected chi connectivity index (χ2v) is 11.4. The van der Waals surface area contributed by atoms with Crippen molar-refractivity contribution < 1.29 is 67.5 Å². The number of ether oxygens (including phenoxy) is 5. The van der Waals surface area contributed by atoms with Crippen LogP contribution in [0.3, 0.4) is 0 Å². The van der Waals surface area contributed by atoms with Gasteiger partial charge in [-0.1, -0.05) is 0 Å². The van der Waals surface area contributed by atoms with Crippen molar-refractivity contribution in [2.75, 3.05) is 5.75 Å². The summed E-state index contributed by atoms with van der Waals surface area (Å²) in [6.07, 6.45) is -6.66. The molecule has 0 aromatic rings. The van der Waals surface area contributed by atoms with Crippen LogP contribution >= 0.6 is 11.8 Å². The van der Waals surface area contributed by atoms with Gasteiger partial charge in [-0.05, 0) is 34.1 Å². The molecule has 1 rings (SSSR count). The fraction of sp³-hybridized carbons (Fsp3) is 0.720. The zero-order valence-corrected chi connectivity index (χ0v) is 25.2. The summed E-state index contributed by atoms with van der Waals surface area (Å²) < 4.78 is 27.1. The van der Waals surface area contributed by atoms with Crippen LogP contribution in [0.5, 0.6) is 0 Å². The Labute approximate surface area is 246 Å². The molecule has 238 valence electrons. The van der Waals surface area contributed by atoms with Crippen LogP contribution in [0.1, 0.15) is 61.3 Å². The van der Waals surface area contributed by atoms with Crippen LogP contribution in [0.4, 0.5) is 4.79 Å². The van der Waals surface area contributed by atoms with Crippen molar-refractivity contribution in [1.82, 2.24) is 10.6 Å². The van der Waals surface area contributed by atoms with Crippen LogP contribution in [-0.2, 0) is 52.5 Å². The predicted molar refractivity (Wildman–Crippen MR) is 143 cm³/mol. The third-order valence-corrected chi connectivity index (χ3v) is 6.56. The van der Waals surface area contributed by atoms with Crippen molar-refractivity contribution in [1.29, 1.82) is 0 Å². The van der Waals surface area contributed by atoms with E-state index in [-0.39, 0.29) is 5.75 Å². The Hall–Kier alpha value is -3.60. The van der Waals surface area contributed by atoms with Gasteiger partial charge >= 0.3 is 35.9 Å². The molecule has 0 unspecified atom stereocenters. The number of hydrogen-bond donors (Lipinski definition) is 4. The molecule has 0 spiro atoms. The van der Waals surface area contributed by atoms with Gasteiger partial charge in [-0.15, -0.1) is 11.8 Å². The highest BCUT2D eigenvalue weighted by molar-refractivity contribution is 7.99. The van der Waals surface area contributed by atoms with Crippen molar-refractivity contribution in [2.24, 2.45) is 0 Å². The quantitative estimate of drug-likeness (QED) is 0.163. The third-order valence-electron chi connectivity index (χ3n) is 5.33. The molecule has 0 aromatic carbocycles. The van der Waals surface area contributed by atoms with Crippen LogP contribution in [0.15, 0.2) is 0 Å². The molecule has 16 nitrogen and oxygen atoms in total. The predicted octanol–water partition coefficient (Wildman–Crippen LogP) is 0.587. The highest BCUT2D eigenvalue weighted by Gasteiger charge is 2.50. The summed E-state index contributed by atoms with van der Waals surface area (Å²) in [6.45, 7) is 9.59. The van der Waals surface area contributed by atoms with Gasteiger partial charge in [-0.2, -0.15) is 0 Å². The summed E-state index contributed by atoms with van der Waals surface area (Å²) in [5, 5.41) is 22.9. The first-order valence-electron chi connectivity index (χ1n) is 12.8. The topological polar surface area (TPSA) is 230 Å². The van der Waals surface area contributed by atoms with Gasteiger partial charge < -0.3 is 44.5 Å². The number of carbonyl (C=O) groups is 7. The van der Waals surface area contributed by atoms with Gasteiger partial charge in [0, 0.05) is 32.9 Å². The fourth-order valence-corrected chi connectivity index (χ4v) is 5.00. The molecule has 7 atom stereocenters. The van der Waals surface area contributed by atoms with Gasteiger partial charge in [-0.25, -0.2) is 9.59 Å². The zero-order valence-electron chi connectivity index (χ0n) is 24.4. The molecular weight excluding hydrogens is 584 g/mol. The number of carbonyl (C=O) groups excluding carboxylic acids is 5. The first kappa shape index (κ1) is 36.4. The van der Waals surface area contributed by atoms with Crippen LogP contribution < -0.4 is 10.6 Å². The van der Waals surface area contributed by atoms with Gasteiger partial charge in [0.25, 0.3) is 0 Å². The number of thioether (sulfide) groups is 1. The summed E-state index contributed by atoms with van der Waals surface area (Å²) in [5.74, 6) is -6.32. The molecule has 2 amide bonds. The van der Waals surface area contributed by atoms with E-state index < -0.39 is 102 Å². The van der Waals surface area contributed by atoms with E-state index in [1.54, 1.807) is 20.8 Å². The summed E-state index contributed by atoms with van der Waals surface area (Å²) in [7, 11) is 0. The molecule has 1 aliphatic rings. The smallest absolute Gasteiger partial charge is 0.408 e. The van der Waals surface area contributed by atoms with Gasteiger partial charge in [0.2, 0.25) is 5.91 Å². The van der Waals surface area contributed by atoms with Gasteiger partial charge in [0.15, 0.2) is 18.3 Å². The molecule has 1 heterocycles. The van der Waals surface area contributed by atoms with Crippen LogP contribution in [-0.4, -0.2) is 105 Å². The monoisotopic (exact) mass is 622 g/mol. The SMILES string of the molecule is CC(=O)O[C@@H]1[C@H](OC(C)=O)[C@H](C)O[C@@H](SC[C@H](NC(=O)OC(C)(C)C)C(=O)N[C@@H](CCC(=O)O)C(=O)O)[C@H]1OC(C)=O. The average Bonchev–Trinajstić information content (AvgIpc) is 2.81. The number of rotatable bonds is 13. The molecule has 0 aromatic heterocycles. The number of hydrogen-bond acceptors (Lipinski definition) is 13. The Morgan fingerprint density at radius 2 is 1.36 bits per heavy atom. The number of amides is 2. The maximum absolute atomic E-state index is 13.1. The molecule has 0 bridgehead atoms. The van der Waals surface area contributed by atoms with Gasteiger partial charge in [0.05, 0.1) is 6.10 Å². The zero-order chi connectivity index (χ0) is 32.4. The number of aliphatic carboxylic acids is 2. The second-order valence-electron chi connectivity index (χ2n) is 10.3. The first-order chi connectivity index (χ1) is 19.3. The molecule has 0 saturated carbocycles. The summed E-state index contributed by atoms with van der Waals surface area (Å²) in [6, 6.07) is -3.04. The Morgan fingerprint density at radius 3 is 1.83 bits per heavy atom. The molecular formula is C25H38N2O14S. The molecule has 1 fully saturated rings. The van der Waals surface area contributed by atoms with E-state index in [9.17, 15) is 38.7 Å². The van der Waals surface area contributed by atoms with E-state index in [1.807, 2.05) is 0 Å². The lowest BCUT2D eigenvalue weighted by Crippen LogP contribution is -2.60. The van der Waals surface area contributed by atoms with E-state index in [1.165, 1.54) is 6.92 Å². The van der Waals surface area contributed by atoms with E-state index in [0.717, 1.165) is 32.5 Å². The number of nitrogens with one attached hydrogen (secondary N) is 2. The van der Waals surface area contributed by atoms with Crippen LogP contribution in [0.25, 0.3) is 0 Å². The van der Waals surface area contributed by atoms with E-state index in [4.69, 9.17) is 28.8 Å². The van der Waals surface area contributed by atoms with Gasteiger partial charge in [0.1, 0.15) is 23.1 Å². The molecule has 17 heteroatoms. The lowest BCUT2D eigenvalue weighted by molar-refractivity contribution is -0.229.